The fourth-order valence-corrected chi connectivity index (χ4v) is 2.68. The molecule has 0 aliphatic rings. The van der Waals surface area contributed by atoms with Gasteiger partial charge in [0.05, 0.1) is 11.2 Å². The molecule has 2 heterocycles. The zero-order valence-electron chi connectivity index (χ0n) is 12.1. The lowest BCUT2D eigenvalue weighted by molar-refractivity contribution is 0.628. The molecule has 0 N–H and O–H groups in total. The lowest BCUT2D eigenvalue weighted by atomic mass is 10.1. The minimum Gasteiger partial charge on any atom is -0.229 e. The summed E-state index contributed by atoms with van der Waals surface area (Å²) in [5.74, 6) is 0.502. The maximum atomic E-state index is 13.1. The van der Waals surface area contributed by atoms with Gasteiger partial charge in [0.15, 0.2) is 5.82 Å². The largest absolute Gasteiger partial charge is 0.229 e. The van der Waals surface area contributed by atoms with Crippen LogP contribution in [-0.2, 0) is 0 Å². The zero-order valence-corrected chi connectivity index (χ0v) is 12.8. The Hall–Kier alpha value is -1.94. The van der Waals surface area contributed by atoms with Crippen molar-refractivity contribution in [1.82, 2.24) is 14.6 Å². The van der Waals surface area contributed by atoms with E-state index >= 15 is 0 Å². The number of benzene rings is 1. The molecule has 2 aromatic heterocycles. The minimum atomic E-state index is -0.279. The van der Waals surface area contributed by atoms with E-state index in [2.05, 4.69) is 23.9 Å². The molecule has 3 aromatic rings. The molecule has 0 aliphatic heterocycles. The van der Waals surface area contributed by atoms with Crippen LogP contribution in [0.5, 0.6) is 0 Å². The van der Waals surface area contributed by atoms with Crippen LogP contribution in [0.15, 0.2) is 30.3 Å². The molecule has 108 valence electrons. The van der Waals surface area contributed by atoms with Crippen molar-refractivity contribution in [3.05, 3.63) is 52.6 Å². The average molecular weight is 304 g/mol. The first kappa shape index (κ1) is 14.0. The fraction of sp³-hybridized carbons (Fsp3) is 0.250. The monoisotopic (exact) mass is 303 g/mol. The van der Waals surface area contributed by atoms with Crippen LogP contribution in [-0.4, -0.2) is 14.6 Å². The molecular formula is C16H15ClFN3. The molecule has 0 bridgehead atoms. The number of aryl methyl sites for hydroxylation is 1. The third kappa shape index (κ3) is 2.40. The van der Waals surface area contributed by atoms with E-state index in [0.29, 0.717) is 11.0 Å². The Labute approximate surface area is 127 Å². The first-order chi connectivity index (χ1) is 9.97. The Morgan fingerprint density at radius 1 is 1.19 bits per heavy atom. The van der Waals surface area contributed by atoms with Gasteiger partial charge >= 0.3 is 0 Å². The zero-order chi connectivity index (χ0) is 15.1. The van der Waals surface area contributed by atoms with E-state index in [1.807, 2.05) is 13.0 Å². The van der Waals surface area contributed by atoms with Crippen molar-refractivity contribution in [1.29, 1.82) is 0 Å². The third-order valence-electron chi connectivity index (χ3n) is 3.44. The van der Waals surface area contributed by atoms with Crippen LogP contribution >= 0.6 is 11.6 Å². The highest BCUT2D eigenvalue weighted by atomic mass is 35.5. The molecule has 0 fully saturated rings. The van der Waals surface area contributed by atoms with Crippen molar-refractivity contribution >= 4 is 17.1 Å². The summed E-state index contributed by atoms with van der Waals surface area (Å²) in [6.45, 7) is 6.16. The van der Waals surface area contributed by atoms with Gasteiger partial charge in [-0.05, 0) is 48.7 Å². The van der Waals surface area contributed by atoms with Gasteiger partial charge in [0.2, 0.25) is 0 Å². The predicted octanol–water partition coefficient (Wildman–Crippen LogP) is 4.62. The molecule has 0 aliphatic carbocycles. The molecule has 0 radical (unpaired) electrons. The Kier molecular flexibility index (Phi) is 3.41. The van der Waals surface area contributed by atoms with Crippen molar-refractivity contribution in [2.75, 3.05) is 0 Å². The van der Waals surface area contributed by atoms with Crippen LogP contribution in [0.4, 0.5) is 4.39 Å². The van der Waals surface area contributed by atoms with Gasteiger partial charge < -0.3 is 0 Å². The van der Waals surface area contributed by atoms with Crippen molar-refractivity contribution in [2.24, 2.45) is 0 Å². The molecule has 0 saturated carbocycles. The number of hydrogen-bond acceptors (Lipinski definition) is 2. The maximum Gasteiger partial charge on any atom is 0.180 e. The molecule has 0 unspecified atom stereocenters. The molecule has 0 atom stereocenters. The maximum absolute atomic E-state index is 13.1. The molecular weight excluding hydrogens is 289 g/mol. The number of halogens is 2. The summed E-state index contributed by atoms with van der Waals surface area (Å²) >= 11 is 6.25. The standard InChI is InChI=1S/C16H15ClFN3/c1-9(2)14-15-10(3)8-13(17)21(15)20-16(19-14)11-4-6-12(18)7-5-11/h4-9H,1-3H3. The fourth-order valence-electron chi connectivity index (χ4n) is 2.40. The van der Waals surface area contributed by atoms with Crippen LogP contribution in [0, 0.1) is 12.7 Å². The normalized spacial score (nSPS) is 11.5. The number of fused-ring (bicyclic) bond motifs is 1. The Bertz CT molecular complexity index is 806. The van der Waals surface area contributed by atoms with Crippen molar-refractivity contribution in [2.45, 2.75) is 26.7 Å². The lowest BCUT2D eigenvalue weighted by Gasteiger charge is -2.11. The topological polar surface area (TPSA) is 30.2 Å². The molecule has 21 heavy (non-hydrogen) atoms. The average Bonchev–Trinajstić information content (AvgIpc) is 2.74. The second-order valence-corrected chi connectivity index (χ2v) is 5.78. The van der Waals surface area contributed by atoms with E-state index in [-0.39, 0.29) is 11.7 Å². The van der Waals surface area contributed by atoms with Gasteiger partial charge in [-0.3, -0.25) is 0 Å². The van der Waals surface area contributed by atoms with Gasteiger partial charge in [0.25, 0.3) is 0 Å². The van der Waals surface area contributed by atoms with E-state index in [0.717, 1.165) is 22.3 Å². The summed E-state index contributed by atoms with van der Waals surface area (Å²) in [6.07, 6.45) is 0. The summed E-state index contributed by atoms with van der Waals surface area (Å²) in [4.78, 5) is 4.66. The van der Waals surface area contributed by atoms with E-state index < -0.39 is 0 Å². The number of aromatic nitrogens is 3. The van der Waals surface area contributed by atoms with Crippen LogP contribution < -0.4 is 0 Å². The summed E-state index contributed by atoms with van der Waals surface area (Å²) in [7, 11) is 0. The van der Waals surface area contributed by atoms with Gasteiger partial charge in [0.1, 0.15) is 11.0 Å². The third-order valence-corrected chi connectivity index (χ3v) is 3.71. The Morgan fingerprint density at radius 3 is 2.48 bits per heavy atom. The second kappa shape index (κ2) is 5.11. The van der Waals surface area contributed by atoms with Crippen LogP contribution in [0.1, 0.15) is 31.0 Å². The van der Waals surface area contributed by atoms with Gasteiger partial charge in [-0.25, -0.2) is 13.9 Å². The SMILES string of the molecule is Cc1cc(Cl)n2nc(-c3ccc(F)cc3)nc(C(C)C)c12. The van der Waals surface area contributed by atoms with Crippen molar-refractivity contribution < 1.29 is 4.39 Å². The highest BCUT2D eigenvalue weighted by Crippen LogP contribution is 2.28. The molecule has 1 aromatic carbocycles. The molecule has 0 amide bonds. The first-order valence-corrected chi connectivity index (χ1v) is 7.17. The minimum absolute atomic E-state index is 0.236. The predicted molar refractivity (Wildman–Crippen MR) is 82.2 cm³/mol. The molecule has 3 rings (SSSR count). The first-order valence-electron chi connectivity index (χ1n) is 6.79. The summed E-state index contributed by atoms with van der Waals surface area (Å²) in [6, 6.07) is 8.03. The highest BCUT2D eigenvalue weighted by molar-refractivity contribution is 6.30. The summed E-state index contributed by atoms with van der Waals surface area (Å²) in [5.41, 5.74) is 3.70. The second-order valence-electron chi connectivity index (χ2n) is 5.39. The van der Waals surface area contributed by atoms with Crippen molar-refractivity contribution in [3.63, 3.8) is 0 Å². The van der Waals surface area contributed by atoms with E-state index in [4.69, 9.17) is 11.6 Å². The van der Waals surface area contributed by atoms with Gasteiger partial charge in [-0.1, -0.05) is 25.4 Å². The molecule has 0 saturated heterocycles. The van der Waals surface area contributed by atoms with Crippen LogP contribution in [0.3, 0.4) is 0 Å². The van der Waals surface area contributed by atoms with Gasteiger partial charge in [-0.2, -0.15) is 0 Å². The summed E-state index contributed by atoms with van der Waals surface area (Å²) < 4.78 is 14.8. The van der Waals surface area contributed by atoms with Crippen molar-refractivity contribution in [3.8, 4) is 11.4 Å². The van der Waals surface area contributed by atoms with Crippen LogP contribution in [0.2, 0.25) is 5.15 Å². The number of nitrogens with zero attached hydrogens (tertiary/aromatic N) is 3. The number of rotatable bonds is 2. The molecule has 5 heteroatoms. The van der Waals surface area contributed by atoms with Gasteiger partial charge in [-0.15, -0.1) is 5.10 Å². The van der Waals surface area contributed by atoms with Gasteiger partial charge in [0, 0.05) is 5.56 Å². The Balaban J connectivity index is 2.30. The molecule has 0 spiro atoms. The van der Waals surface area contributed by atoms with E-state index in [1.165, 1.54) is 12.1 Å². The quantitative estimate of drug-likeness (QED) is 0.691. The van der Waals surface area contributed by atoms with E-state index in [9.17, 15) is 4.39 Å². The smallest absolute Gasteiger partial charge is 0.180 e. The summed E-state index contributed by atoms with van der Waals surface area (Å²) in [5, 5.41) is 5.04. The lowest BCUT2D eigenvalue weighted by Crippen LogP contribution is -2.05. The molecule has 3 nitrogen and oxygen atoms in total. The number of hydrogen-bond donors (Lipinski definition) is 0. The van der Waals surface area contributed by atoms with Crippen LogP contribution in [0.25, 0.3) is 16.9 Å². The Morgan fingerprint density at radius 2 is 1.86 bits per heavy atom. The van der Waals surface area contributed by atoms with E-state index in [1.54, 1.807) is 16.6 Å². The highest BCUT2D eigenvalue weighted by Gasteiger charge is 2.16.